The van der Waals surface area contributed by atoms with Gasteiger partial charge in [0.2, 0.25) is 11.2 Å². The van der Waals surface area contributed by atoms with Crippen molar-refractivity contribution in [2.75, 3.05) is 14.2 Å². The van der Waals surface area contributed by atoms with E-state index in [1.54, 1.807) is 30.3 Å². The molecule has 0 fully saturated rings. The number of methoxy groups -OCH3 is 2. The highest BCUT2D eigenvalue weighted by molar-refractivity contribution is 6.31. The van der Waals surface area contributed by atoms with E-state index in [4.69, 9.17) is 30.2 Å². The Morgan fingerprint density at radius 2 is 1.71 bits per heavy atom. The molecule has 2 heterocycles. The second-order valence-electron chi connectivity index (χ2n) is 6.43. The van der Waals surface area contributed by atoms with Crippen LogP contribution in [0.2, 0.25) is 5.02 Å². The first-order valence-corrected chi connectivity index (χ1v) is 9.50. The highest BCUT2D eigenvalue weighted by atomic mass is 35.5. The van der Waals surface area contributed by atoms with Crippen LogP contribution in [0.1, 0.15) is 10.4 Å². The van der Waals surface area contributed by atoms with E-state index in [1.165, 1.54) is 44.8 Å². The second kappa shape index (κ2) is 8.49. The molecule has 0 atom stereocenters. The number of carbonyl (C=O) groups is 1. The van der Waals surface area contributed by atoms with Crippen molar-refractivity contribution >= 4 is 28.5 Å². The Morgan fingerprint density at radius 1 is 0.968 bits per heavy atom. The Kier molecular flexibility index (Phi) is 5.60. The molecule has 4 rings (SSSR count). The van der Waals surface area contributed by atoms with Crippen LogP contribution in [0, 0.1) is 0 Å². The van der Waals surface area contributed by atoms with Gasteiger partial charge in [-0.25, -0.2) is 4.79 Å². The number of hydrogen-bond acceptors (Lipinski definition) is 7. The maximum Gasteiger partial charge on any atom is 0.343 e. The molecule has 31 heavy (non-hydrogen) atoms. The molecule has 0 amide bonds. The fraction of sp³-hybridized carbons (Fsp3) is 0.0870. The molecule has 0 aliphatic heterocycles. The number of halogens is 1. The maximum atomic E-state index is 13.3. The zero-order valence-electron chi connectivity index (χ0n) is 16.5. The van der Waals surface area contributed by atoms with E-state index in [0.29, 0.717) is 27.7 Å². The summed E-state index contributed by atoms with van der Waals surface area (Å²) in [5.74, 6) is 0.00606. The molecule has 0 aliphatic carbocycles. The molecular weight excluding hydrogens is 422 g/mol. The number of ether oxygens (including phenoxy) is 3. The molecule has 7 nitrogen and oxygen atoms in total. The van der Waals surface area contributed by atoms with Crippen LogP contribution < -0.4 is 19.6 Å². The van der Waals surface area contributed by atoms with Gasteiger partial charge in [-0.2, -0.15) is 0 Å². The third-order valence-electron chi connectivity index (χ3n) is 4.57. The third kappa shape index (κ3) is 3.95. The fourth-order valence-corrected chi connectivity index (χ4v) is 3.22. The number of benzene rings is 2. The van der Waals surface area contributed by atoms with Gasteiger partial charge in [-0.15, -0.1) is 0 Å². The van der Waals surface area contributed by atoms with E-state index in [9.17, 15) is 9.59 Å². The average molecular weight is 438 g/mol. The zero-order valence-corrected chi connectivity index (χ0v) is 17.3. The number of rotatable bonds is 5. The van der Waals surface area contributed by atoms with Crippen LogP contribution in [0.3, 0.4) is 0 Å². The molecule has 0 aliphatic rings. The van der Waals surface area contributed by atoms with E-state index < -0.39 is 11.4 Å². The lowest BCUT2D eigenvalue weighted by molar-refractivity contribution is 0.0731. The van der Waals surface area contributed by atoms with Gasteiger partial charge in [0.15, 0.2) is 17.3 Å². The largest absolute Gasteiger partial charge is 0.493 e. The van der Waals surface area contributed by atoms with Crippen molar-refractivity contribution < 1.29 is 23.4 Å². The van der Waals surface area contributed by atoms with E-state index in [1.807, 2.05) is 0 Å². The summed E-state index contributed by atoms with van der Waals surface area (Å²) < 4.78 is 22.1. The molecule has 156 valence electrons. The third-order valence-corrected chi connectivity index (χ3v) is 4.80. The highest BCUT2D eigenvalue weighted by Gasteiger charge is 2.22. The van der Waals surface area contributed by atoms with Crippen molar-refractivity contribution in [3.05, 3.63) is 81.7 Å². The Morgan fingerprint density at radius 3 is 2.42 bits per heavy atom. The molecule has 0 saturated carbocycles. The normalized spacial score (nSPS) is 10.7. The van der Waals surface area contributed by atoms with Crippen LogP contribution in [0.15, 0.2) is 70.1 Å². The minimum absolute atomic E-state index is 0.0724. The predicted molar refractivity (Wildman–Crippen MR) is 115 cm³/mol. The molecule has 0 unspecified atom stereocenters. The molecular formula is C23H16ClNO6. The summed E-state index contributed by atoms with van der Waals surface area (Å²) in [7, 11) is 3.00. The fourth-order valence-electron chi connectivity index (χ4n) is 3.05. The van der Waals surface area contributed by atoms with Gasteiger partial charge in [-0.1, -0.05) is 11.6 Å². The van der Waals surface area contributed by atoms with Gasteiger partial charge in [0.25, 0.3) is 0 Å². The predicted octanol–water partition coefficient (Wildman–Crippen LogP) is 4.74. The quantitative estimate of drug-likeness (QED) is 0.416. The summed E-state index contributed by atoms with van der Waals surface area (Å²) in [5.41, 5.74) is 0.460. The van der Waals surface area contributed by atoms with Gasteiger partial charge < -0.3 is 18.6 Å². The minimum atomic E-state index is -0.724. The van der Waals surface area contributed by atoms with Gasteiger partial charge in [-0.3, -0.25) is 9.78 Å². The number of fused-ring (bicyclic) bond motifs is 1. The van der Waals surface area contributed by atoms with Gasteiger partial charge in [0.05, 0.1) is 25.2 Å². The number of carbonyl (C=O) groups excluding carboxylic acids is 1. The smallest absolute Gasteiger partial charge is 0.343 e. The van der Waals surface area contributed by atoms with Crippen LogP contribution in [0.4, 0.5) is 0 Å². The van der Waals surface area contributed by atoms with Crippen molar-refractivity contribution in [1.29, 1.82) is 0 Å². The topological polar surface area (TPSA) is 87.9 Å². The summed E-state index contributed by atoms with van der Waals surface area (Å²) >= 11 is 6.05. The van der Waals surface area contributed by atoms with E-state index in [-0.39, 0.29) is 22.5 Å². The van der Waals surface area contributed by atoms with E-state index >= 15 is 0 Å². The first kappa shape index (κ1) is 20.4. The van der Waals surface area contributed by atoms with Gasteiger partial charge in [-0.05, 0) is 48.5 Å². The molecule has 0 spiro atoms. The molecule has 4 aromatic rings. The van der Waals surface area contributed by atoms with E-state index in [2.05, 4.69) is 4.98 Å². The Labute approximate surface area is 181 Å². The first-order chi connectivity index (χ1) is 15.0. The maximum absolute atomic E-state index is 13.3. The SMILES string of the molecule is COc1ccc(-c2oc3ccc(Cl)cc3c(=O)c2OC(=O)c2ccncc2)cc1OC. The number of pyridine rings is 1. The van der Waals surface area contributed by atoms with Gasteiger partial charge >= 0.3 is 5.97 Å². The van der Waals surface area contributed by atoms with Crippen LogP contribution in [0.25, 0.3) is 22.3 Å². The summed E-state index contributed by atoms with van der Waals surface area (Å²) in [6.45, 7) is 0. The van der Waals surface area contributed by atoms with Crippen LogP contribution in [-0.4, -0.2) is 25.2 Å². The molecule has 2 aromatic carbocycles. The highest BCUT2D eigenvalue weighted by Crippen LogP contribution is 2.37. The number of hydrogen-bond donors (Lipinski definition) is 0. The zero-order chi connectivity index (χ0) is 22.0. The minimum Gasteiger partial charge on any atom is -0.493 e. The monoisotopic (exact) mass is 437 g/mol. The van der Waals surface area contributed by atoms with Crippen LogP contribution in [0.5, 0.6) is 17.2 Å². The Bertz CT molecular complexity index is 1330. The lowest BCUT2D eigenvalue weighted by Crippen LogP contribution is -2.16. The molecule has 0 radical (unpaired) electrons. The molecule has 2 aromatic heterocycles. The molecule has 0 saturated heterocycles. The lowest BCUT2D eigenvalue weighted by Gasteiger charge is -2.13. The van der Waals surface area contributed by atoms with E-state index in [0.717, 1.165) is 0 Å². The summed E-state index contributed by atoms with van der Waals surface area (Å²) in [5, 5.41) is 0.541. The number of aromatic nitrogens is 1. The van der Waals surface area contributed by atoms with Crippen molar-refractivity contribution in [2.24, 2.45) is 0 Å². The number of esters is 1. The summed E-state index contributed by atoms with van der Waals surface area (Å²) in [6, 6.07) is 12.6. The molecule has 0 bridgehead atoms. The first-order valence-electron chi connectivity index (χ1n) is 9.12. The summed E-state index contributed by atoms with van der Waals surface area (Å²) in [4.78, 5) is 29.8. The number of nitrogens with zero attached hydrogens (tertiary/aromatic N) is 1. The van der Waals surface area contributed by atoms with Crippen LogP contribution in [-0.2, 0) is 0 Å². The molecule has 8 heteroatoms. The Balaban J connectivity index is 1.93. The van der Waals surface area contributed by atoms with Crippen molar-refractivity contribution in [3.63, 3.8) is 0 Å². The van der Waals surface area contributed by atoms with Crippen molar-refractivity contribution in [1.82, 2.24) is 4.98 Å². The second-order valence-corrected chi connectivity index (χ2v) is 6.86. The summed E-state index contributed by atoms with van der Waals surface area (Å²) in [6.07, 6.45) is 2.91. The van der Waals surface area contributed by atoms with Crippen LogP contribution >= 0.6 is 11.6 Å². The average Bonchev–Trinajstić information content (AvgIpc) is 2.81. The van der Waals surface area contributed by atoms with Gasteiger partial charge in [0, 0.05) is 23.0 Å². The van der Waals surface area contributed by atoms with Crippen molar-refractivity contribution in [3.8, 4) is 28.6 Å². The van der Waals surface area contributed by atoms with Gasteiger partial charge in [0.1, 0.15) is 5.58 Å². The Hall–Kier alpha value is -3.84. The lowest BCUT2D eigenvalue weighted by atomic mass is 10.1. The standard InChI is InChI=1S/C23H16ClNO6/c1-28-18-5-3-14(11-19(18)29-2)21-22(31-23(27)13-7-9-25-10-8-13)20(26)16-12-15(24)4-6-17(16)30-21/h3-12H,1-2H3. The van der Waals surface area contributed by atoms with Crippen molar-refractivity contribution in [2.45, 2.75) is 0 Å². The molecule has 0 N–H and O–H groups in total.